The monoisotopic (exact) mass is 214 g/mol. The van der Waals surface area contributed by atoms with Crippen molar-refractivity contribution >= 4 is 6.03 Å². The predicted octanol–water partition coefficient (Wildman–Crippen LogP) is 1.76. The molecule has 0 aromatic carbocycles. The van der Waals surface area contributed by atoms with Crippen LogP contribution < -0.4 is 10.6 Å². The van der Waals surface area contributed by atoms with Gasteiger partial charge in [-0.3, -0.25) is 0 Å². The fourth-order valence-electron chi connectivity index (χ4n) is 1.18. The van der Waals surface area contributed by atoms with Crippen molar-refractivity contribution in [3.05, 3.63) is 12.2 Å². The molecule has 0 aliphatic carbocycles. The molecule has 0 heterocycles. The first-order chi connectivity index (χ1) is 7.31. The van der Waals surface area contributed by atoms with Crippen LogP contribution in [0.2, 0.25) is 0 Å². The molecule has 3 N–H and O–H groups in total. The third kappa shape index (κ3) is 10.9. The zero-order chi connectivity index (χ0) is 11.4. The minimum absolute atomic E-state index is 0.302. The maximum Gasteiger partial charge on any atom is 0.316 e. The Morgan fingerprint density at radius 1 is 1.20 bits per heavy atom. The predicted molar refractivity (Wildman–Crippen MR) is 61.5 cm³/mol. The van der Waals surface area contributed by atoms with Gasteiger partial charge in [0.2, 0.25) is 0 Å². The van der Waals surface area contributed by atoms with Crippen LogP contribution in [-0.4, -0.2) is 24.4 Å². The Morgan fingerprint density at radius 2 is 2.00 bits per heavy atom. The SMILES string of the molecule is CC/C=C/CCCCCNC(=O)NCO. The molecule has 0 aliphatic heterocycles. The smallest absolute Gasteiger partial charge is 0.316 e. The Kier molecular flexibility index (Phi) is 10.3. The highest BCUT2D eigenvalue weighted by Gasteiger charge is 1.95. The number of urea groups is 1. The van der Waals surface area contributed by atoms with Gasteiger partial charge in [-0.1, -0.05) is 25.5 Å². The van der Waals surface area contributed by atoms with Gasteiger partial charge in [0, 0.05) is 6.54 Å². The van der Waals surface area contributed by atoms with Gasteiger partial charge in [0.15, 0.2) is 0 Å². The van der Waals surface area contributed by atoms with Gasteiger partial charge in [-0.2, -0.15) is 0 Å². The Bertz CT molecular complexity index is 181. The van der Waals surface area contributed by atoms with E-state index in [1.54, 1.807) is 0 Å². The van der Waals surface area contributed by atoms with Gasteiger partial charge < -0.3 is 15.7 Å². The first kappa shape index (κ1) is 14.0. The highest BCUT2D eigenvalue weighted by molar-refractivity contribution is 5.73. The molecule has 0 spiro atoms. The van der Waals surface area contributed by atoms with Gasteiger partial charge in [-0.15, -0.1) is 0 Å². The van der Waals surface area contributed by atoms with E-state index in [-0.39, 0.29) is 12.8 Å². The second kappa shape index (κ2) is 11.0. The number of rotatable bonds is 8. The maximum atomic E-state index is 10.8. The average molecular weight is 214 g/mol. The Hall–Kier alpha value is -1.03. The summed E-state index contributed by atoms with van der Waals surface area (Å²) >= 11 is 0. The van der Waals surface area contributed by atoms with Crippen LogP contribution in [0, 0.1) is 0 Å². The third-order valence-electron chi connectivity index (χ3n) is 1.98. The lowest BCUT2D eigenvalue weighted by atomic mass is 10.2. The molecule has 15 heavy (non-hydrogen) atoms. The number of nitrogens with one attached hydrogen (secondary N) is 2. The third-order valence-corrected chi connectivity index (χ3v) is 1.98. The average Bonchev–Trinajstić information content (AvgIpc) is 2.22. The molecule has 0 rings (SSSR count). The molecule has 0 saturated carbocycles. The van der Waals surface area contributed by atoms with Gasteiger partial charge in [-0.25, -0.2) is 4.79 Å². The van der Waals surface area contributed by atoms with Crippen LogP contribution in [-0.2, 0) is 0 Å². The van der Waals surface area contributed by atoms with Gasteiger partial charge in [0.25, 0.3) is 0 Å². The van der Waals surface area contributed by atoms with E-state index < -0.39 is 0 Å². The molecular weight excluding hydrogens is 192 g/mol. The topological polar surface area (TPSA) is 61.4 Å². The van der Waals surface area contributed by atoms with Gasteiger partial charge >= 0.3 is 6.03 Å². The molecule has 4 heteroatoms. The van der Waals surface area contributed by atoms with E-state index in [0.717, 1.165) is 25.7 Å². The van der Waals surface area contributed by atoms with Crippen LogP contribution >= 0.6 is 0 Å². The van der Waals surface area contributed by atoms with E-state index in [1.807, 2.05) is 0 Å². The van der Waals surface area contributed by atoms with Gasteiger partial charge in [0.1, 0.15) is 6.73 Å². The summed E-state index contributed by atoms with van der Waals surface area (Å²) in [6.45, 7) is 2.48. The second-order valence-electron chi connectivity index (χ2n) is 3.32. The highest BCUT2D eigenvalue weighted by atomic mass is 16.3. The van der Waals surface area contributed by atoms with E-state index in [9.17, 15) is 4.79 Å². The first-order valence-electron chi connectivity index (χ1n) is 5.58. The molecule has 0 atom stereocenters. The quantitative estimate of drug-likeness (QED) is 0.327. The van der Waals surface area contributed by atoms with Crippen LogP contribution in [0.5, 0.6) is 0 Å². The summed E-state index contributed by atoms with van der Waals surface area (Å²) in [6.07, 6.45) is 9.87. The number of amides is 2. The van der Waals surface area contributed by atoms with Crippen molar-refractivity contribution in [3.8, 4) is 0 Å². The van der Waals surface area contributed by atoms with Crippen molar-refractivity contribution < 1.29 is 9.90 Å². The number of allylic oxidation sites excluding steroid dienone is 2. The molecule has 0 saturated heterocycles. The number of carbonyl (C=O) groups excluding carboxylic acids is 1. The molecule has 0 aromatic heterocycles. The summed E-state index contributed by atoms with van der Waals surface area (Å²) in [6, 6.07) is -0.302. The lowest BCUT2D eigenvalue weighted by Crippen LogP contribution is -2.36. The molecule has 0 bridgehead atoms. The highest BCUT2D eigenvalue weighted by Crippen LogP contribution is 2.00. The zero-order valence-corrected chi connectivity index (χ0v) is 9.46. The van der Waals surface area contributed by atoms with Crippen LogP contribution in [0.3, 0.4) is 0 Å². The van der Waals surface area contributed by atoms with Crippen LogP contribution in [0.15, 0.2) is 12.2 Å². The molecule has 0 unspecified atom stereocenters. The largest absolute Gasteiger partial charge is 0.376 e. The second-order valence-corrected chi connectivity index (χ2v) is 3.32. The van der Waals surface area contributed by atoms with Crippen molar-refractivity contribution in [2.45, 2.75) is 39.0 Å². The van der Waals surface area contributed by atoms with Crippen molar-refractivity contribution in [3.63, 3.8) is 0 Å². The van der Waals surface area contributed by atoms with E-state index in [0.29, 0.717) is 6.54 Å². The molecular formula is C11H22N2O2. The summed E-state index contributed by atoms with van der Waals surface area (Å²) in [5.74, 6) is 0. The molecule has 0 aliphatic rings. The summed E-state index contributed by atoms with van der Waals surface area (Å²) < 4.78 is 0. The van der Waals surface area contributed by atoms with Gasteiger partial charge in [-0.05, 0) is 25.7 Å². The van der Waals surface area contributed by atoms with Crippen LogP contribution in [0.4, 0.5) is 4.79 Å². The molecule has 0 fully saturated rings. The molecule has 88 valence electrons. The lowest BCUT2D eigenvalue weighted by molar-refractivity contribution is 0.217. The van der Waals surface area contributed by atoms with E-state index in [2.05, 4.69) is 29.7 Å². The van der Waals surface area contributed by atoms with Crippen molar-refractivity contribution in [1.29, 1.82) is 0 Å². The zero-order valence-electron chi connectivity index (χ0n) is 9.46. The lowest BCUT2D eigenvalue weighted by Gasteiger charge is -2.04. The number of aliphatic hydroxyl groups excluding tert-OH is 1. The molecule has 0 aromatic rings. The standard InChI is InChI=1S/C11H22N2O2/c1-2-3-4-5-6-7-8-9-12-11(15)13-10-14/h3-4,14H,2,5-10H2,1H3,(H2,12,13,15)/b4-3+. The normalized spacial score (nSPS) is 10.5. The van der Waals surface area contributed by atoms with Gasteiger partial charge in [0.05, 0.1) is 0 Å². The van der Waals surface area contributed by atoms with Crippen molar-refractivity contribution in [2.24, 2.45) is 0 Å². The first-order valence-corrected chi connectivity index (χ1v) is 5.58. The number of aliphatic hydroxyl groups is 1. The number of unbranched alkanes of at least 4 members (excludes halogenated alkanes) is 3. The summed E-state index contributed by atoms with van der Waals surface area (Å²) in [5.41, 5.74) is 0. The maximum absolute atomic E-state index is 10.8. The van der Waals surface area contributed by atoms with Crippen molar-refractivity contribution in [1.82, 2.24) is 10.6 Å². The molecule has 2 amide bonds. The van der Waals surface area contributed by atoms with Crippen LogP contribution in [0.1, 0.15) is 39.0 Å². The Labute approximate surface area is 91.8 Å². The minimum Gasteiger partial charge on any atom is -0.376 e. The minimum atomic E-state index is -0.312. The Morgan fingerprint density at radius 3 is 2.67 bits per heavy atom. The fraction of sp³-hybridized carbons (Fsp3) is 0.727. The number of hydrogen-bond acceptors (Lipinski definition) is 2. The molecule has 4 nitrogen and oxygen atoms in total. The van der Waals surface area contributed by atoms with E-state index in [1.165, 1.54) is 6.42 Å². The van der Waals surface area contributed by atoms with E-state index in [4.69, 9.17) is 5.11 Å². The van der Waals surface area contributed by atoms with Crippen LogP contribution in [0.25, 0.3) is 0 Å². The van der Waals surface area contributed by atoms with Crippen molar-refractivity contribution in [2.75, 3.05) is 13.3 Å². The summed E-state index contributed by atoms with van der Waals surface area (Å²) in [4.78, 5) is 10.8. The van der Waals surface area contributed by atoms with E-state index >= 15 is 0 Å². The molecule has 0 radical (unpaired) electrons. The summed E-state index contributed by atoms with van der Waals surface area (Å²) in [5, 5.41) is 13.3. The number of carbonyl (C=O) groups is 1. The number of hydrogen-bond donors (Lipinski definition) is 3. The fourth-order valence-corrected chi connectivity index (χ4v) is 1.18. The Balaban J connectivity index is 3.11. The summed E-state index contributed by atoms with van der Waals surface area (Å²) in [7, 11) is 0.